The number of amides is 1. The molecule has 0 saturated carbocycles. The number of para-hydroxylation sites is 1. The number of benzene rings is 2. The molecule has 0 fully saturated rings. The molecule has 1 aromatic heterocycles. The highest BCUT2D eigenvalue weighted by Gasteiger charge is 2.18. The van der Waals surface area contributed by atoms with Gasteiger partial charge in [0.2, 0.25) is 0 Å². The maximum atomic E-state index is 12.4. The van der Waals surface area contributed by atoms with E-state index in [9.17, 15) is 14.7 Å². The van der Waals surface area contributed by atoms with Gasteiger partial charge < -0.3 is 19.9 Å². The number of carbonyl (C=O) groups is 2. The fourth-order valence-electron chi connectivity index (χ4n) is 2.36. The first-order valence-electron chi connectivity index (χ1n) is 6.83. The molecule has 0 radical (unpaired) electrons. The number of phenols is 1. The molecule has 0 unspecified atom stereocenters. The number of fused-ring (bicyclic) bond motifs is 1. The lowest BCUT2D eigenvalue weighted by molar-refractivity contribution is 0.0693. The molecular formula is C17H13NO5. The number of nitrogens with one attached hydrogen (secondary N) is 1. The molecule has 3 aromatic rings. The average Bonchev–Trinajstić information content (AvgIpc) is 2.86. The van der Waals surface area contributed by atoms with Crippen LogP contribution in [0.1, 0.15) is 26.5 Å². The SMILES string of the molecule is Cc1c(C(=O)Nc2ccc(O)c(C(=O)O)c2)oc2ccccc12. The van der Waals surface area contributed by atoms with Crippen LogP contribution in [-0.4, -0.2) is 22.1 Å². The third-order valence-corrected chi connectivity index (χ3v) is 3.53. The van der Waals surface area contributed by atoms with E-state index in [4.69, 9.17) is 9.52 Å². The van der Waals surface area contributed by atoms with Gasteiger partial charge in [-0.1, -0.05) is 18.2 Å². The summed E-state index contributed by atoms with van der Waals surface area (Å²) in [6.45, 7) is 1.78. The second-order valence-electron chi connectivity index (χ2n) is 5.04. The largest absolute Gasteiger partial charge is 0.507 e. The fraction of sp³-hybridized carbons (Fsp3) is 0.0588. The van der Waals surface area contributed by atoms with E-state index in [1.807, 2.05) is 18.2 Å². The summed E-state index contributed by atoms with van der Waals surface area (Å²) in [5.41, 5.74) is 1.27. The van der Waals surface area contributed by atoms with E-state index in [1.54, 1.807) is 13.0 Å². The van der Waals surface area contributed by atoms with Gasteiger partial charge in [-0.05, 0) is 31.2 Å². The number of anilines is 1. The molecule has 6 heteroatoms. The monoisotopic (exact) mass is 311 g/mol. The predicted molar refractivity (Wildman–Crippen MR) is 84.0 cm³/mol. The molecule has 1 heterocycles. The van der Waals surface area contributed by atoms with Gasteiger partial charge in [-0.3, -0.25) is 4.79 Å². The Balaban J connectivity index is 1.93. The first-order valence-corrected chi connectivity index (χ1v) is 6.83. The lowest BCUT2D eigenvalue weighted by atomic mass is 10.1. The molecule has 0 saturated heterocycles. The topological polar surface area (TPSA) is 99.8 Å². The number of rotatable bonds is 3. The third-order valence-electron chi connectivity index (χ3n) is 3.53. The van der Waals surface area contributed by atoms with E-state index in [1.165, 1.54) is 18.2 Å². The Morgan fingerprint density at radius 1 is 1.13 bits per heavy atom. The highest BCUT2D eigenvalue weighted by atomic mass is 16.4. The van der Waals surface area contributed by atoms with Gasteiger partial charge in [0.1, 0.15) is 16.9 Å². The number of aryl methyl sites for hydroxylation is 1. The molecule has 0 aliphatic heterocycles. The summed E-state index contributed by atoms with van der Waals surface area (Å²) >= 11 is 0. The van der Waals surface area contributed by atoms with Gasteiger partial charge in [-0.2, -0.15) is 0 Å². The number of hydrogen-bond donors (Lipinski definition) is 3. The van der Waals surface area contributed by atoms with Crippen molar-refractivity contribution in [1.82, 2.24) is 0 Å². The Morgan fingerprint density at radius 3 is 2.57 bits per heavy atom. The van der Waals surface area contributed by atoms with Crippen LogP contribution in [0.15, 0.2) is 46.9 Å². The molecule has 0 aliphatic rings. The van der Waals surface area contributed by atoms with E-state index >= 15 is 0 Å². The van der Waals surface area contributed by atoms with Crippen LogP contribution in [0.4, 0.5) is 5.69 Å². The summed E-state index contributed by atoms with van der Waals surface area (Å²) in [6.07, 6.45) is 0. The lowest BCUT2D eigenvalue weighted by Gasteiger charge is -2.06. The lowest BCUT2D eigenvalue weighted by Crippen LogP contribution is -2.12. The molecule has 23 heavy (non-hydrogen) atoms. The Labute approximate surface area is 131 Å². The van der Waals surface area contributed by atoms with Gasteiger partial charge >= 0.3 is 5.97 Å². The number of furan rings is 1. The summed E-state index contributed by atoms with van der Waals surface area (Å²) in [5, 5.41) is 21.9. The molecule has 0 atom stereocenters. The third kappa shape index (κ3) is 2.62. The Kier molecular flexibility index (Phi) is 3.50. The number of carboxylic acid groups (broad SMARTS) is 1. The number of hydrogen-bond acceptors (Lipinski definition) is 4. The standard InChI is InChI=1S/C17H13NO5/c1-9-11-4-2-3-5-14(11)23-15(9)16(20)18-10-6-7-13(19)12(8-10)17(21)22/h2-8,19H,1H3,(H,18,20)(H,21,22). The van der Waals surface area contributed by atoms with Crippen molar-refractivity contribution < 1.29 is 24.2 Å². The molecule has 1 amide bonds. The molecule has 116 valence electrons. The molecule has 3 N–H and O–H groups in total. The van der Waals surface area contributed by atoms with Gasteiger partial charge in [-0.25, -0.2) is 4.79 Å². The fourth-order valence-corrected chi connectivity index (χ4v) is 2.36. The van der Waals surface area contributed by atoms with Crippen LogP contribution in [0.3, 0.4) is 0 Å². The van der Waals surface area contributed by atoms with E-state index < -0.39 is 11.9 Å². The van der Waals surface area contributed by atoms with Crippen molar-refractivity contribution in [3.8, 4) is 5.75 Å². The summed E-state index contributed by atoms with van der Waals surface area (Å²) < 4.78 is 5.56. The summed E-state index contributed by atoms with van der Waals surface area (Å²) in [4.78, 5) is 23.4. The van der Waals surface area contributed by atoms with Crippen LogP contribution < -0.4 is 5.32 Å². The second kappa shape index (κ2) is 5.49. The van der Waals surface area contributed by atoms with Crippen molar-refractivity contribution in [2.75, 3.05) is 5.32 Å². The van der Waals surface area contributed by atoms with Crippen molar-refractivity contribution in [1.29, 1.82) is 0 Å². The highest BCUT2D eigenvalue weighted by Crippen LogP contribution is 2.26. The quantitative estimate of drug-likeness (QED) is 0.644. The van der Waals surface area contributed by atoms with Gasteiger partial charge in [0.15, 0.2) is 5.76 Å². The first kappa shape index (κ1) is 14.6. The van der Waals surface area contributed by atoms with Crippen molar-refractivity contribution in [3.05, 3.63) is 59.4 Å². The molecular weight excluding hydrogens is 298 g/mol. The molecule has 2 aromatic carbocycles. The van der Waals surface area contributed by atoms with Gasteiger partial charge in [-0.15, -0.1) is 0 Å². The minimum atomic E-state index is -1.28. The van der Waals surface area contributed by atoms with E-state index in [2.05, 4.69) is 5.32 Å². The van der Waals surface area contributed by atoms with Crippen LogP contribution in [0, 0.1) is 6.92 Å². The van der Waals surface area contributed by atoms with Gasteiger partial charge in [0.05, 0.1) is 0 Å². The van der Waals surface area contributed by atoms with E-state index in [-0.39, 0.29) is 22.8 Å². The number of aromatic carboxylic acids is 1. The van der Waals surface area contributed by atoms with Crippen molar-refractivity contribution in [2.24, 2.45) is 0 Å². The number of aromatic hydroxyl groups is 1. The molecule has 0 bridgehead atoms. The predicted octanol–water partition coefficient (Wildman–Crippen LogP) is 3.40. The summed E-state index contributed by atoms with van der Waals surface area (Å²) in [5.74, 6) is -1.97. The number of carboxylic acids is 1. The Bertz CT molecular complexity index is 926. The maximum Gasteiger partial charge on any atom is 0.339 e. The summed E-state index contributed by atoms with van der Waals surface area (Å²) in [7, 11) is 0. The Hall–Kier alpha value is -3.28. The Morgan fingerprint density at radius 2 is 1.87 bits per heavy atom. The van der Waals surface area contributed by atoms with Crippen molar-refractivity contribution >= 4 is 28.5 Å². The van der Waals surface area contributed by atoms with Crippen LogP contribution in [0.25, 0.3) is 11.0 Å². The van der Waals surface area contributed by atoms with Crippen LogP contribution in [-0.2, 0) is 0 Å². The van der Waals surface area contributed by atoms with Crippen molar-refractivity contribution in [3.63, 3.8) is 0 Å². The number of carbonyl (C=O) groups excluding carboxylic acids is 1. The van der Waals surface area contributed by atoms with Crippen molar-refractivity contribution in [2.45, 2.75) is 6.92 Å². The van der Waals surface area contributed by atoms with Crippen LogP contribution in [0.5, 0.6) is 5.75 Å². The van der Waals surface area contributed by atoms with Gasteiger partial charge in [0.25, 0.3) is 5.91 Å². The second-order valence-corrected chi connectivity index (χ2v) is 5.04. The van der Waals surface area contributed by atoms with Crippen LogP contribution >= 0.6 is 0 Å². The highest BCUT2D eigenvalue weighted by molar-refractivity contribution is 6.07. The zero-order valence-corrected chi connectivity index (χ0v) is 12.2. The van der Waals surface area contributed by atoms with E-state index in [0.29, 0.717) is 11.1 Å². The van der Waals surface area contributed by atoms with Gasteiger partial charge in [0, 0.05) is 16.6 Å². The maximum absolute atomic E-state index is 12.4. The average molecular weight is 311 g/mol. The van der Waals surface area contributed by atoms with Crippen LogP contribution in [0.2, 0.25) is 0 Å². The smallest absolute Gasteiger partial charge is 0.339 e. The minimum absolute atomic E-state index is 0.163. The first-order chi connectivity index (χ1) is 11.0. The zero-order chi connectivity index (χ0) is 16.6. The summed E-state index contributed by atoms with van der Waals surface area (Å²) in [6, 6.07) is 11.1. The zero-order valence-electron chi connectivity index (χ0n) is 12.2. The minimum Gasteiger partial charge on any atom is -0.507 e. The molecule has 3 rings (SSSR count). The van der Waals surface area contributed by atoms with E-state index in [0.717, 1.165) is 5.39 Å². The molecule has 0 aliphatic carbocycles. The molecule has 6 nitrogen and oxygen atoms in total. The molecule has 0 spiro atoms. The normalized spacial score (nSPS) is 10.7.